The molecule has 6 nitrogen and oxygen atoms in total. The van der Waals surface area contributed by atoms with Crippen LogP contribution < -0.4 is 4.74 Å². The monoisotopic (exact) mass is 463 g/mol. The van der Waals surface area contributed by atoms with Gasteiger partial charge in [-0.1, -0.05) is 30.3 Å². The number of pyridine rings is 2. The summed E-state index contributed by atoms with van der Waals surface area (Å²) in [4.78, 5) is 12.4. The minimum absolute atomic E-state index is 0.458. The number of ether oxygens (including phenoxy) is 1. The van der Waals surface area contributed by atoms with Crippen molar-refractivity contribution in [2.75, 3.05) is 0 Å². The number of nitriles is 1. The van der Waals surface area contributed by atoms with Gasteiger partial charge in [0.2, 0.25) is 5.88 Å². The van der Waals surface area contributed by atoms with Crippen LogP contribution in [0.15, 0.2) is 103 Å². The van der Waals surface area contributed by atoms with Gasteiger partial charge < -0.3 is 4.74 Å². The van der Waals surface area contributed by atoms with Gasteiger partial charge in [-0.2, -0.15) is 5.26 Å². The van der Waals surface area contributed by atoms with Crippen LogP contribution in [-0.4, -0.2) is 14.5 Å². The van der Waals surface area contributed by atoms with E-state index in [9.17, 15) is 5.26 Å². The summed E-state index contributed by atoms with van der Waals surface area (Å²) >= 11 is 0. The molecule has 3 heterocycles. The number of fused-ring (bicyclic) bond motifs is 3. The van der Waals surface area contributed by atoms with E-state index in [2.05, 4.69) is 37.6 Å². The molecule has 168 valence electrons. The van der Waals surface area contributed by atoms with Crippen LogP contribution in [0.3, 0.4) is 0 Å². The van der Waals surface area contributed by atoms with Crippen molar-refractivity contribution in [1.82, 2.24) is 14.5 Å². The molecule has 0 spiro atoms. The van der Waals surface area contributed by atoms with Crippen molar-refractivity contribution in [2.24, 2.45) is 0 Å². The van der Waals surface area contributed by atoms with E-state index >= 15 is 0 Å². The first-order valence-corrected chi connectivity index (χ1v) is 11.2. The van der Waals surface area contributed by atoms with Crippen molar-refractivity contribution in [2.45, 2.75) is 0 Å². The molecule has 0 aliphatic rings. The second kappa shape index (κ2) is 8.72. The van der Waals surface area contributed by atoms with Gasteiger partial charge in [0.25, 0.3) is 0 Å². The summed E-state index contributed by atoms with van der Waals surface area (Å²) in [6.07, 6.45) is 3.43. The molecule has 3 aromatic carbocycles. The molecular weight excluding hydrogens is 446 g/mol. The molecule has 3 aromatic heterocycles. The van der Waals surface area contributed by atoms with Crippen LogP contribution in [-0.2, 0) is 0 Å². The van der Waals surface area contributed by atoms with E-state index < -0.39 is 0 Å². The van der Waals surface area contributed by atoms with Crippen LogP contribution in [0.2, 0.25) is 0 Å². The van der Waals surface area contributed by atoms with E-state index in [-0.39, 0.29) is 0 Å². The molecule has 0 aliphatic heterocycles. The van der Waals surface area contributed by atoms with Crippen molar-refractivity contribution in [1.29, 1.82) is 5.26 Å². The lowest BCUT2D eigenvalue weighted by Crippen LogP contribution is -1.96. The number of hydrogen-bond donors (Lipinski definition) is 0. The normalized spacial score (nSPS) is 10.7. The van der Waals surface area contributed by atoms with Crippen LogP contribution in [0.25, 0.3) is 43.6 Å². The summed E-state index contributed by atoms with van der Waals surface area (Å²) in [7, 11) is 0. The Morgan fingerprint density at radius 1 is 0.778 bits per heavy atom. The van der Waals surface area contributed by atoms with Crippen molar-refractivity contribution >= 4 is 27.5 Å². The van der Waals surface area contributed by atoms with Gasteiger partial charge in [0.1, 0.15) is 11.6 Å². The van der Waals surface area contributed by atoms with Gasteiger partial charge in [0.05, 0.1) is 29.2 Å². The smallest absolute Gasteiger partial charge is 0.219 e. The standard InChI is InChI=1S/C30H17N5O/c1-32-23-9-11-27-26(18-23)25-10-8-21(17-28(25)35(27)29-6-2-4-12-33-29)22-14-20(19-31)15-24(16-22)36-30-7-3-5-13-34-30/h2-18H. The fourth-order valence-corrected chi connectivity index (χ4v) is 4.41. The Bertz CT molecular complexity index is 1830. The molecule has 0 atom stereocenters. The highest BCUT2D eigenvalue weighted by molar-refractivity contribution is 6.11. The largest absolute Gasteiger partial charge is 0.439 e. The Balaban J connectivity index is 1.56. The minimum Gasteiger partial charge on any atom is -0.439 e. The fraction of sp³-hybridized carbons (Fsp3) is 0. The molecule has 0 saturated carbocycles. The molecule has 6 heteroatoms. The van der Waals surface area contributed by atoms with Crippen LogP contribution in [0.5, 0.6) is 11.6 Å². The topological polar surface area (TPSA) is 68.1 Å². The van der Waals surface area contributed by atoms with Gasteiger partial charge in [0.15, 0.2) is 5.69 Å². The first-order chi connectivity index (χ1) is 17.7. The molecule has 0 bridgehead atoms. The molecule has 0 amide bonds. The Labute approximate surface area is 207 Å². The van der Waals surface area contributed by atoms with Crippen LogP contribution >= 0.6 is 0 Å². The van der Waals surface area contributed by atoms with Crippen molar-refractivity contribution in [3.8, 4) is 34.6 Å². The van der Waals surface area contributed by atoms with E-state index in [0.717, 1.165) is 38.8 Å². The zero-order chi connectivity index (χ0) is 24.5. The first-order valence-electron chi connectivity index (χ1n) is 11.2. The minimum atomic E-state index is 0.458. The van der Waals surface area contributed by atoms with Crippen LogP contribution in [0.4, 0.5) is 5.69 Å². The van der Waals surface area contributed by atoms with Gasteiger partial charge in [-0.25, -0.2) is 14.8 Å². The van der Waals surface area contributed by atoms with Gasteiger partial charge >= 0.3 is 0 Å². The summed E-state index contributed by atoms with van der Waals surface area (Å²) in [5.41, 5.74) is 4.78. The number of aromatic nitrogens is 3. The molecule has 0 saturated heterocycles. The van der Waals surface area contributed by atoms with Crippen LogP contribution in [0.1, 0.15) is 5.56 Å². The molecular formula is C30H17N5O. The Morgan fingerprint density at radius 2 is 1.64 bits per heavy atom. The molecule has 0 N–H and O–H groups in total. The summed E-state index contributed by atoms with van der Waals surface area (Å²) in [6.45, 7) is 7.45. The van der Waals surface area contributed by atoms with Crippen molar-refractivity contribution in [3.63, 3.8) is 0 Å². The first kappa shape index (κ1) is 21.1. The van der Waals surface area contributed by atoms with Crippen molar-refractivity contribution in [3.05, 3.63) is 120 Å². The number of nitrogens with zero attached hydrogens (tertiary/aromatic N) is 5. The van der Waals surface area contributed by atoms with Crippen molar-refractivity contribution < 1.29 is 4.74 Å². The maximum atomic E-state index is 9.65. The second-order valence-corrected chi connectivity index (χ2v) is 8.20. The lowest BCUT2D eigenvalue weighted by Gasteiger charge is -2.10. The molecule has 36 heavy (non-hydrogen) atoms. The SMILES string of the molecule is [C-]#[N+]c1ccc2c(c1)c1ccc(-c3cc(C#N)cc(Oc4ccccn4)c3)cc1n2-c1ccccn1. The number of rotatable bonds is 4. The Hall–Kier alpha value is -5.46. The summed E-state index contributed by atoms with van der Waals surface area (Å²) in [5, 5.41) is 11.7. The predicted octanol–water partition coefficient (Wildman–Crippen LogP) is 7.46. The maximum absolute atomic E-state index is 9.65. The lowest BCUT2D eigenvalue weighted by molar-refractivity contribution is 0.463. The van der Waals surface area contributed by atoms with Crippen LogP contribution in [0, 0.1) is 17.9 Å². The van der Waals surface area contributed by atoms with E-state index in [0.29, 0.717) is 22.9 Å². The third-order valence-corrected chi connectivity index (χ3v) is 5.99. The van der Waals surface area contributed by atoms with Gasteiger partial charge in [0, 0.05) is 23.8 Å². The molecule has 6 rings (SSSR count). The fourth-order valence-electron chi connectivity index (χ4n) is 4.41. The molecule has 0 aliphatic carbocycles. The molecule has 6 aromatic rings. The zero-order valence-electron chi connectivity index (χ0n) is 19.0. The molecule has 0 fully saturated rings. The average molecular weight is 464 g/mol. The van der Waals surface area contributed by atoms with Gasteiger partial charge in [-0.3, -0.25) is 4.57 Å². The lowest BCUT2D eigenvalue weighted by atomic mass is 10.0. The quantitative estimate of drug-likeness (QED) is 0.255. The maximum Gasteiger partial charge on any atom is 0.219 e. The number of benzene rings is 3. The van der Waals surface area contributed by atoms with E-state index in [1.165, 1.54) is 0 Å². The summed E-state index contributed by atoms with van der Waals surface area (Å²) in [6, 6.07) is 30.8. The third-order valence-electron chi connectivity index (χ3n) is 5.99. The van der Waals surface area contributed by atoms with E-state index in [4.69, 9.17) is 11.3 Å². The number of hydrogen-bond acceptors (Lipinski definition) is 4. The van der Waals surface area contributed by atoms with E-state index in [1.54, 1.807) is 24.5 Å². The van der Waals surface area contributed by atoms with Gasteiger partial charge in [-0.15, -0.1) is 0 Å². The Morgan fingerprint density at radius 3 is 2.39 bits per heavy atom. The highest BCUT2D eigenvalue weighted by atomic mass is 16.5. The summed E-state index contributed by atoms with van der Waals surface area (Å²) < 4.78 is 8.03. The summed E-state index contributed by atoms with van der Waals surface area (Å²) in [5.74, 6) is 1.78. The predicted molar refractivity (Wildman–Crippen MR) is 139 cm³/mol. The van der Waals surface area contributed by atoms with Gasteiger partial charge in [-0.05, 0) is 71.1 Å². The average Bonchev–Trinajstić information content (AvgIpc) is 3.26. The van der Waals surface area contributed by atoms with E-state index in [1.807, 2.05) is 66.7 Å². The molecule has 0 unspecified atom stereocenters. The zero-order valence-corrected chi connectivity index (χ0v) is 19.0. The highest BCUT2D eigenvalue weighted by Gasteiger charge is 2.15. The highest BCUT2D eigenvalue weighted by Crippen LogP contribution is 2.37. The third kappa shape index (κ3) is 3.69. The second-order valence-electron chi connectivity index (χ2n) is 8.20. The Kier molecular flexibility index (Phi) is 5.11. The molecule has 0 radical (unpaired) electrons.